The molecule has 1 rings (SSSR count). The second-order valence-corrected chi connectivity index (χ2v) is 5.82. The van der Waals surface area contributed by atoms with Crippen molar-refractivity contribution in [2.24, 2.45) is 5.73 Å². The fourth-order valence-corrected chi connectivity index (χ4v) is 2.09. The molecule has 19 heavy (non-hydrogen) atoms. The van der Waals surface area contributed by atoms with Gasteiger partial charge >= 0.3 is 6.18 Å². The van der Waals surface area contributed by atoms with E-state index in [0.29, 0.717) is 0 Å². The van der Waals surface area contributed by atoms with Crippen LogP contribution in [0.15, 0.2) is 11.1 Å². The number of hydrogen-bond acceptors (Lipinski definition) is 4. The van der Waals surface area contributed by atoms with Gasteiger partial charge in [-0.05, 0) is 6.07 Å². The molecule has 1 aromatic rings. The maximum Gasteiger partial charge on any atom is 0.418 e. The largest absolute Gasteiger partial charge is 0.418 e. The number of halogens is 6. The molecule has 0 fully saturated rings. The van der Waals surface area contributed by atoms with Crippen molar-refractivity contribution >= 4 is 19.7 Å². The zero-order valence-electron chi connectivity index (χ0n) is 8.88. The zero-order valence-corrected chi connectivity index (χ0v) is 10.5. The molecule has 2 N–H and O–H groups in total. The molecule has 1 heterocycles. The highest BCUT2D eigenvalue weighted by Crippen LogP contribution is 2.39. The zero-order chi connectivity index (χ0) is 15.0. The Hall–Kier alpha value is -1.00. The minimum Gasteiger partial charge on any atom is -0.325 e. The molecule has 1 aromatic heterocycles. The molecule has 0 atom stereocenters. The van der Waals surface area contributed by atoms with Crippen molar-refractivity contribution in [3.05, 3.63) is 22.9 Å². The Labute approximate surface area is 108 Å². The van der Waals surface area contributed by atoms with Gasteiger partial charge in [-0.3, -0.25) is 0 Å². The lowest BCUT2D eigenvalue weighted by Crippen LogP contribution is -2.19. The highest BCUT2D eigenvalue weighted by molar-refractivity contribution is 8.13. The molecule has 0 amide bonds. The number of pyridine rings is 1. The van der Waals surface area contributed by atoms with E-state index in [2.05, 4.69) is 4.98 Å². The highest BCUT2D eigenvalue weighted by Gasteiger charge is 2.40. The molecule has 11 heteroatoms. The van der Waals surface area contributed by atoms with Crippen molar-refractivity contribution in [3.8, 4) is 0 Å². The third-order valence-electron chi connectivity index (χ3n) is 2.06. The minimum absolute atomic E-state index is 0.0922. The molecule has 0 spiro atoms. The number of rotatable bonds is 3. The van der Waals surface area contributed by atoms with Crippen LogP contribution in [0.1, 0.15) is 23.2 Å². The third-order valence-corrected chi connectivity index (χ3v) is 3.25. The van der Waals surface area contributed by atoms with E-state index in [0.717, 1.165) is 0 Å². The van der Waals surface area contributed by atoms with Gasteiger partial charge in [0, 0.05) is 22.8 Å². The Bertz CT molecular complexity index is 588. The van der Waals surface area contributed by atoms with Gasteiger partial charge in [0.15, 0.2) is 5.03 Å². The van der Waals surface area contributed by atoms with E-state index in [4.69, 9.17) is 16.4 Å². The van der Waals surface area contributed by atoms with Crippen LogP contribution in [0.4, 0.5) is 22.0 Å². The topological polar surface area (TPSA) is 73.0 Å². The molecule has 0 aliphatic rings. The number of aromatic nitrogens is 1. The summed E-state index contributed by atoms with van der Waals surface area (Å²) >= 11 is 0. The predicted octanol–water partition coefficient (Wildman–Crippen LogP) is 2.42. The van der Waals surface area contributed by atoms with Crippen LogP contribution in [0.5, 0.6) is 0 Å². The second-order valence-electron chi connectivity index (χ2n) is 3.31. The highest BCUT2D eigenvalue weighted by atomic mass is 35.7. The van der Waals surface area contributed by atoms with E-state index in [1.165, 1.54) is 0 Å². The molecule has 0 aliphatic heterocycles. The smallest absolute Gasteiger partial charge is 0.325 e. The lowest BCUT2D eigenvalue weighted by molar-refractivity contribution is -0.140. The second kappa shape index (κ2) is 5.17. The van der Waals surface area contributed by atoms with Gasteiger partial charge in [-0.25, -0.2) is 22.2 Å². The van der Waals surface area contributed by atoms with Crippen LogP contribution in [0, 0.1) is 0 Å². The van der Waals surface area contributed by atoms with E-state index < -0.39 is 50.0 Å². The maximum atomic E-state index is 12.7. The molecule has 108 valence electrons. The summed E-state index contributed by atoms with van der Waals surface area (Å²) in [6.45, 7) is -0.866. The first kappa shape index (κ1) is 16.1. The summed E-state index contributed by atoms with van der Waals surface area (Å²) in [5.41, 5.74) is 0.706. The van der Waals surface area contributed by atoms with Crippen molar-refractivity contribution in [3.63, 3.8) is 0 Å². The molecule has 0 radical (unpaired) electrons. The summed E-state index contributed by atoms with van der Waals surface area (Å²) < 4.78 is 85.2. The lowest BCUT2D eigenvalue weighted by atomic mass is 10.1. The van der Waals surface area contributed by atoms with Crippen LogP contribution in [0.25, 0.3) is 0 Å². The number of nitrogens with two attached hydrogens (primary N) is 1. The summed E-state index contributed by atoms with van der Waals surface area (Å²) in [6, 6.07) is 0.0922. The molecule has 0 saturated carbocycles. The average molecular weight is 325 g/mol. The van der Waals surface area contributed by atoms with Crippen LogP contribution in [-0.4, -0.2) is 13.4 Å². The summed E-state index contributed by atoms with van der Waals surface area (Å²) in [7, 11) is 0.325. The first-order valence-electron chi connectivity index (χ1n) is 4.52. The quantitative estimate of drug-likeness (QED) is 0.684. The number of hydrogen-bond donors (Lipinski definition) is 1. The monoisotopic (exact) mass is 324 g/mol. The van der Waals surface area contributed by atoms with Gasteiger partial charge in [0.1, 0.15) is 0 Å². The van der Waals surface area contributed by atoms with E-state index in [-0.39, 0.29) is 6.07 Å². The van der Waals surface area contributed by atoms with Crippen molar-refractivity contribution < 1.29 is 30.4 Å². The maximum absolute atomic E-state index is 12.7. The van der Waals surface area contributed by atoms with Crippen molar-refractivity contribution in [1.82, 2.24) is 4.98 Å². The van der Waals surface area contributed by atoms with Gasteiger partial charge < -0.3 is 5.73 Å². The van der Waals surface area contributed by atoms with Gasteiger partial charge in [0.05, 0.1) is 11.3 Å². The SMILES string of the molecule is NCc1nc(S(=O)(=O)Cl)cc(C(F)F)c1C(F)(F)F. The van der Waals surface area contributed by atoms with Gasteiger partial charge in [0.25, 0.3) is 15.5 Å². The van der Waals surface area contributed by atoms with E-state index in [9.17, 15) is 30.4 Å². The fraction of sp³-hybridized carbons (Fsp3) is 0.375. The first-order chi connectivity index (χ1) is 8.48. The van der Waals surface area contributed by atoms with Crippen molar-refractivity contribution in [2.75, 3.05) is 0 Å². The Morgan fingerprint density at radius 1 is 1.37 bits per heavy atom. The summed E-state index contributed by atoms with van der Waals surface area (Å²) in [5.74, 6) is 0. The lowest BCUT2D eigenvalue weighted by Gasteiger charge is -2.16. The van der Waals surface area contributed by atoms with Crippen LogP contribution < -0.4 is 5.73 Å². The summed E-state index contributed by atoms with van der Waals surface area (Å²) in [6.07, 6.45) is -8.69. The third kappa shape index (κ3) is 3.51. The van der Waals surface area contributed by atoms with Crippen LogP contribution in [0.3, 0.4) is 0 Å². The minimum atomic E-state index is -5.14. The molecular weight excluding hydrogens is 319 g/mol. The molecule has 0 unspecified atom stereocenters. The van der Waals surface area contributed by atoms with Crippen molar-refractivity contribution in [2.45, 2.75) is 24.2 Å². The Balaban J connectivity index is 3.74. The summed E-state index contributed by atoms with van der Waals surface area (Å²) in [5, 5.41) is -1.10. The molecule has 0 saturated heterocycles. The van der Waals surface area contributed by atoms with Crippen LogP contribution in [-0.2, 0) is 21.8 Å². The standard InChI is InChI=1S/C8H6ClF5N2O2S/c9-19(17,18)5-1-3(7(10)11)6(8(12,13)14)4(2-15)16-5/h1,7H,2,15H2. The number of nitrogens with zero attached hydrogens (tertiary/aromatic N) is 1. The van der Waals surface area contributed by atoms with E-state index in [1.807, 2.05) is 0 Å². The molecule has 4 nitrogen and oxygen atoms in total. The Morgan fingerprint density at radius 3 is 2.21 bits per heavy atom. The summed E-state index contributed by atoms with van der Waals surface area (Å²) in [4.78, 5) is 3.07. The first-order valence-corrected chi connectivity index (χ1v) is 6.83. The molecular formula is C8H6ClF5N2O2S. The van der Waals surface area contributed by atoms with Gasteiger partial charge in [-0.15, -0.1) is 0 Å². The van der Waals surface area contributed by atoms with E-state index in [1.54, 1.807) is 0 Å². The molecule has 0 aromatic carbocycles. The fourth-order valence-electron chi connectivity index (χ4n) is 1.36. The van der Waals surface area contributed by atoms with Gasteiger partial charge in [-0.2, -0.15) is 13.2 Å². The number of alkyl halides is 5. The Morgan fingerprint density at radius 2 is 1.89 bits per heavy atom. The van der Waals surface area contributed by atoms with Gasteiger partial charge in [0.2, 0.25) is 0 Å². The van der Waals surface area contributed by atoms with E-state index >= 15 is 0 Å². The van der Waals surface area contributed by atoms with Crippen LogP contribution >= 0.6 is 10.7 Å². The average Bonchev–Trinajstić information content (AvgIpc) is 2.24. The Kier molecular flexibility index (Phi) is 4.37. The van der Waals surface area contributed by atoms with Gasteiger partial charge in [-0.1, -0.05) is 0 Å². The molecule has 0 bridgehead atoms. The predicted molar refractivity (Wildman–Crippen MR) is 55.1 cm³/mol. The normalized spacial score (nSPS) is 13.1. The van der Waals surface area contributed by atoms with Crippen LogP contribution in [0.2, 0.25) is 0 Å². The molecule has 0 aliphatic carbocycles. The van der Waals surface area contributed by atoms with Crippen molar-refractivity contribution in [1.29, 1.82) is 0 Å².